The molecule has 0 saturated carbocycles. The van der Waals surface area contributed by atoms with E-state index in [0.29, 0.717) is 19.3 Å². The van der Waals surface area contributed by atoms with E-state index >= 15 is 0 Å². The van der Waals surface area contributed by atoms with Crippen molar-refractivity contribution in [3.8, 4) is 0 Å². The number of nitrogens with one attached hydrogen (secondary N) is 1. The van der Waals surface area contributed by atoms with Gasteiger partial charge in [0.2, 0.25) is 5.91 Å². The lowest BCUT2D eigenvalue weighted by atomic mass is 10.0. The van der Waals surface area contributed by atoms with Crippen LogP contribution in [-0.4, -0.2) is 46.9 Å². The summed E-state index contributed by atoms with van der Waals surface area (Å²) in [5, 5.41) is 23.6. The average Bonchev–Trinajstić information content (AvgIpc) is 3.19. The van der Waals surface area contributed by atoms with Crippen molar-refractivity contribution in [2.75, 3.05) is 6.61 Å². The number of aliphatic hydroxyl groups is 2. The summed E-state index contributed by atoms with van der Waals surface area (Å²) in [6.45, 7) is 6.23. The molecule has 6 nitrogen and oxygen atoms in total. The first-order chi connectivity index (χ1) is 27.5. The fraction of sp³-hybridized carbons (Fsp3) is 0.760. The highest BCUT2D eigenvalue weighted by Crippen LogP contribution is 2.17. The van der Waals surface area contributed by atoms with Crippen LogP contribution >= 0.6 is 0 Å². The summed E-state index contributed by atoms with van der Waals surface area (Å²) < 4.78 is 5.90. The lowest BCUT2D eigenvalue weighted by Crippen LogP contribution is -2.46. The molecular formula is C50H89NO5. The monoisotopic (exact) mass is 784 g/mol. The highest BCUT2D eigenvalue weighted by molar-refractivity contribution is 5.77. The summed E-state index contributed by atoms with van der Waals surface area (Å²) in [5.41, 5.74) is 0. The van der Waals surface area contributed by atoms with Crippen LogP contribution in [0, 0.1) is 0 Å². The molecule has 0 spiro atoms. The Balaban J connectivity index is 4.61. The van der Waals surface area contributed by atoms with Crippen LogP contribution < -0.4 is 5.32 Å². The number of allylic oxidation sites excluding steroid dienone is 10. The van der Waals surface area contributed by atoms with Crippen LogP contribution in [0.3, 0.4) is 0 Å². The van der Waals surface area contributed by atoms with Gasteiger partial charge < -0.3 is 20.3 Å². The van der Waals surface area contributed by atoms with Crippen molar-refractivity contribution in [3.63, 3.8) is 0 Å². The fourth-order valence-electron chi connectivity index (χ4n) is 6.83. The molecule has 324 valence electrons. The van der Waals surface area contributed by atoms with Gasteiger partial charge in [0.05, 0.1) is 25.2 Å². The second-order valence-corrected chi connectivity index (χ2v) is 15.7. The molecule has 0 aliphatic rings. The maximum atomic E-state index is 13.1. The largest absolute Gasteiger partial charge is 0.462 e. The number of amides is 1. The first-order valence-corrected chi connectivity index (χ1v) is 23.5. The maximum absolute atomic E-state index is 13.1. The van der Waals surface area contributed by atoms with Crippen LogP contribution in [0.4, 0.5) is 0 Å². The van der Waals surface area contributed by atoms with Crippen LogP contribution in [0.5, 0.6) is 0 Å². The van der Waals surface area contributed by atoms with Gasteiger partial charge in [-0.15, -0.1) is 0 Å². The quantitative estimate of drug-likeness (QED) is 0.0326. The van der Waals surface area contributed by atoms with Crippen molar-refractivity contribution >= 4 is 11.9 Å². The third kappa shape index (κ3) is 38.4. The van der Waals surface area contributed by atoms with Gasteiger partial charge in [-0.3, -0.25) is 9.59 Å². The van der Waals surface area contributed by atoms with E-state index in [2.05, 4.69) is 86.8 Å². The van der Waals surface area contributed by atoms with Gasteiger partial charge in [-0.25, -0.2) is 0 Å². The first kappa shape index (κ1) is 53.6. The molecule has 6 heteroatoms. The number of hydrogen-bond acceptors (Lipinski definition) is 5. The molecule has 0 radical (unpaired) electrons. The Hall–Kier alpha value is -2.44. The third-order valence-electron chi connectivity index (χ3n) is 10.3. The number of rotatable bonds is 41. The van der Waals surface area contributed by atoms with Crippen LogP contribution in [0.1, 0.15) is 220 Å². The Morgan fingerprint density at radius 2 is 0.964 bits per heavy atom. The van der Waals surface area contributed by atoms with E-state index in [-0.39, 0.29) is 24.9 Å². The number of ether oxygens (including phenoxy) is 1. The fourth-order valence-corrected chi connectivity index (χ4v) is 6.83. The molecule has 0 aromatic heterocycles. The van der Waals surface area contributed by atoms with Crippen molar-refractivity contribution < 1.29 is 24.5 Å². The van der Waals surface area contributed by atoms with Crippen LogP contribution in [0.2, 0.25) is 0 Å². The highest BCUT2D eigenvalue weighted by Gasteiger charge is 2.24. The van der Waals surface area contributed by atoms with E-state index in [1.54, 1.807) is 0 Å². The van der Waals surface area contributed by atoms with Gasteiger partial charge >= 0.3 is 5.97 Å². The maximum Gasteiger partial charge on any atom is 0.306 e. The van der Waals surface area contributed by atoms with E-state index in [0.717, 1.165) is 103 Å². The molecule has 56 heavy (non-hydrogen) atoms. The topological polar surface area (TPSA) is 95.9 Å². The number of carbonyl (C=O) groups is 2. The first-order valence-electron chi connectivity index (χ1n) is 23.5. The van der Waals surface area contributed by atoms with Gasteiger partial charge in [0.15, 0.2) is 0 Å². The lowest BCUT2D eigenvalue weighted by Gasteiger charge is -2.24. The second-order valence-electron chi connectivity index (χ2n) is 15.7. The molecular weight excluding hydrogens is 695 g/mol. The average molecular weight is 784 g/mol. The van der Waals surface area contributed by atoms with E-state index in [1.165, 1.54) is 70.6 Å². The van der Waals surface area contributed by atoms with Crippen molar-refractivity contribution in [2.45, 2.75) is 238 Å². The van der Waals surface area contributed by atoms with E-state index < -0.39 is 18.2 Å². The van der Waals surface area contributed by atoms with Crippen molar-refractivity contribution in [2.24, 2.45) is 0 Å². The van der Waals surface area contributed by atoms with Gasteiger partial charge in [0.25, 0.3) is 0 Å². The SMILES string of the molecule is CC/C=C/C/C=C/C/C=C/CCCCCCCCC(=O)OC(CCCCCCC/C=C/C/C=C/CC)CC(=O)NC(CO)C(O)CCCCCCCCCCC. The summed E-state index contributed by atoms with van der Waals surface area (Å²) in [4.78, 5) is 26.0. The molecule has 0 aromatic carbocycles. The van der Waals surface area contributed by atoms with Crippen LogP contribution in [0.15, 0.2) is 60.8 Å². The zero-order chi connectivity index (χ0) is 41.0. The smallest absolute Gasteiger partial charge is 0.306 e. The molecule has 1 amide bonds. The zero-order valence-electron chi connectivity index (χ0n) is 36.8. The molecule has 3 atom stereocenters. The minimum atomic E-state index is -0.793. The van der Waals surface area contributed by atoms with Crippen LogP contribution in [-0.2, 0) is 14.3 Å². The van der Waals surface area contributed by atoms with E-state index in [9.17, 15) is 19.8 Å². The third-order valence-corrected chi connectivity index (χ3v) is 10.3. The van der Waals surface area contributed by atoms with E-state index in [4.69, 9.17) is 4.74 Å². The molecule has 0 heterocycles. The molecule has 0 aliphatic carbocycles. The Morgan fingerprint density at radius 3 is 1.46 bits per heavy atom. The lowest BCUT2D eigenvalue weighted by molar-refractivity contribution is -0.151. The zero-order valence-corrected chi connectivity index (χ0v) is 36.8. The van der Waals surface area contributed by atoms with Gasteiger partial charge in [0.1, 0.15) is 6.10 Å². The van der Waals surface area contributed by atoms with Crippen molar-refractivity contribution in [1.82, 2.24) is 5.32 Å². The van der Waals surface area contributed by atoms with Gasteiger partial charge in [-0.05, 0) is 83.5 Å². The number of carbonyl (C=O) groups excluding carboxylic acids is 2. The van der Waals surface area contributed by atoms with Crippen molar-refractivity contribution in [3.05, 3.63) is 60.8 Å². The molecule has 3 N–H and O–H groups in total. The minimum Gasteiger partial charge on any atom is -0.462 e. The summed E-state index contributed by atoms with van der Waals surface area (Å²) in [6.07, 6.45) is 52.8. The number of esters is 1. The summed E-state index contributed by atoms with van der Waals surface area (Å²) in [6, 6.07) is -0.708. The Labute approximate surface area is 346 Å². The van der Waals surface area contributed by atoms with Crippen LogP contribution in [0.25, 0.3) is 0 Å². The van der Waals surface area contributed by atoms with Crippen molar-refractivity contribution in [1.29, 1.82) is 0 Å². The number of unbranched alkanes of at least 4 members (excludes halogenated alkanes) is 19. The summed E-state index contributed by atoms with van der Waals surface area (Å²) >= 11 is 0. The predicted octanol–water partition coefficient (Wildman–Crippen LogP) is 13.7. The summed E-state index contributed by atoms with van der Waals surface area (Å²) in [5.74, 6) is -0.507. The highest BCUT2D eigenvalue weighted by atomic mass is 16.5. The molecule has 0 fully saturated rings. The predicted molar refractivity (Wildman–Crippen MR) is 241 cm³/mol. The molecule has 0 rings (SSSR count). The Morgan fingerprint density at radius 1 is 0.536 bits per heavy atom. The van der Waals surface area contributed by atoms with Gasteiger partial charge in [-0.2, -0.15) is 0 Å². The Bertz CT molecular complexity index is 1010. The normalized spacial score (nSPS) is 13.9. The molecule has 0 aromatic rings. The van der Waals surface area contributed by atoms with E-state index in [1.807, 2.05) is 0 Å². The van der Waals surface area contributed by atoms with Gasteiger partial charge in [0, 0.05) is 6.42 Å². The minimum absolute atomic E-state index is 0.0608. The molecule has 0 bridgehead atoms. The Kier molecular flexibility index (Phi) is 41.8. The molecule has 0 aliphatic heterocycles. The number of aliphatic hydroxyl groups excluding tert-OH is 2. The number of hydrogen-bond donors (Lipinski definition) is 3. The summed E-state index contributed by atoms with van der Waals surface area (Å²) in [7, 11) is 0. The van der Waals surface area contributed by atoms with Gasteiger partial charge in [-0.1, -0.05) is 184 Å². The second kappa shape index (κ2) is 43.7. The molecule has 3 unspecified atom stereocenters. The molecule has 0 saturated heterocycles. The standard InChI is InChI=1S/C50H89NO5/c1-4-7-10-13-16-19-21-23-24-25-26-28-31-34-37-40-43-50(55)56-46(41-38-35-32-30-27-22-20-17-14-11-8-5-2)44-49(54)51-47(45-52)48(53)42-39-36-33-29-18-15-12-9-6-3/h7-8,10-11,16-17,19-20,23-24,46-48,52-53H,4-6,9,12-15,18,21-22,25-45H2,1-3H3,(H,51,54)/b10-7+,11-8+,19-16+,20-17+,24-23+.